The molecular formula is C12H20N2O2. The second kappa shape index (κ2) is 4.07. The molecule has 1 N–H and O–H groups in total. The molecule has 2 rings (SSSR count). The van der Waals surface area contributed by atoms with Crippen LogP contribution >= 0.6 is 0 Å². The van der Waals surface area contributed by atoms with Crippen molar-refractivity contribution in [2.24, 2.45) is 0 Å². The van der Waals surface area contributed by atoms with Gasteiger partial charge in [0.05, 0.1) is 6.54 Å². The highest BCUT2D eigenvalue weighted by Gasteiger charge is 2.47. The number of nitrogens with zero attached hydrogens (tertiary/aromatic N) is 1. The zero-order chi connectivity index (χ0) is 11.8. The maximum absolute atomic E-state index is 12.0. The van der Waals surface area contributed by atoms with Gasteiger partial charge in [-0.3, -0.25) is 9.59 Å². The molecule has 1 aliphatic carbocycles. The van der Waals surface area contributed by atoms with Gasteiger partial charge in [0.25, 0.3) is 0 Å². The predicted molar refractivity (Wildman–Crippen MR) is 60.8 cm³/mol. The van der Waals surface area contributed by atoms with Crippen molar-refractivity contribution >= 4 is 11.8 Å². The van der Waals surface area contributed by atoms with E-state index in [4.69, 9.17) is 0 Å². The minimum Gasteiger partial charge on any atom is -0.345 e. The SMILES string of the molecule is CCC1(C)C(=O)NCC(=O)N1C1CCCC1. The summed E-state index contributed by atoms with van der Waals surface area (Å²) in [6, 6.07) is 0.281. The van der Waals surface area contributed by atoms with Gasteiger partial charge in [0.15, 0.2) is 0 Å². The Morgan fingerprint density at radius 2 is 2.00 bits per heavy atom. The number of carbonyl (C=O) groups excluding carboxylic acids is 2. The Bertz CT molecular complexity index is 310. The Kier molecular flexibility index (Phi) is 2.91. The van der Waals surface area contributed by atoms with Gasteiger partial charge in [-0.15, -0.1) is 0 Å². The molecule has 1 unspecified atom stereocenters. The fraction of sp³-hybridized carbons (Fsp3) is 0.833. The molecule has 1 heterocycles. The summed E-state index contributed by atoms with van der Waals surface area (Å²) in [6.45, 7) is 4.03. The lowest BCUT2D eigenvalue weighted by Gasteiger charge is -2.46. The van der Waals surface area contributed by atoms with Gasteiger partial charge in [0.2, 0.25) is 11.8 Å². The molecule has 0 aromatic carbocycles. The average molecular weight is 224 g/mol. The highest BCUT2D eigenvalue weighted by molar-refractivity contribution is 5.97. The van der Waals surface area contributed by atoms with Gasteiger partial charge in [-0.25, -0.2) is 0 Å². The molecule has 2 aliphatic rings. The number of rotatable bonds is 2. The van der Waals surface area contributed by atoms with Crippen molar-refractivity contribution in [2.75, 3.05) is 6.54 Å². The zero-order valence-electron chi connectivity index (χ0n) is 10.1. The first-order valence-corrected chi connectivity index (χ1v) is 6.20. The molecule has 2 amide bonds. The van der Waals surface area contributed by atoms with E-state index in [0.29, 0.717) is 6.42 Å². The summed E-state index contributed by atoms with van der Waals surface area (Å²) < 4.78 is 0. The molecule has 0 aromatic heterocycles. The van der Waals surface area contributed by atoms with Gasteiger partial charge in [-0.05, 0) is 26.2 Å². The van der Waals surface area contributed by atoms with E-state index in [9.17, 15) is 9.59 Å². The topological polar surface area (TPSA) is 49.4 Å². The quantitative estimate of drug-likeness (QED) is 0.762. The number of piperazine rings is 1. The third kappa shape index (κ3) is 1.60. The fourth-order valence-corrected chi connectivity index (χ4v) is 2.92. The van der Waals surface area contributed by atoms with Crippen LogP contribution in [0.1, 0.15) is 46.0 Å². The van der Waals surface area contributed by atoms with Crippen molar-refractivity contribution in [1.82, 2.24) is 10.2 Å². The standard InChI is InChI=1S/C12H20N2O2/c1-3-12(2)11(16)13-8-10(15)14(12)9-6-4-5-7-9/h9H,3-8H2,1-2H3,(H,13,16). The van der Waals surface area contributed by atoms with Crippen molar-refractivity contribution in [3.8, 4) is 0 Å². The zero-order valence-corrected chi connectivity index (χ0v) is 10.1. The van der Waals surface area contributed by atoms with Crippen molar-refractivity contribution in [3.05, 3.63) is 0 Å². The van der Waals surface area contributed by atoms with E-state index in [1.807, 2.05) is 18.7 Å². The first kappa shape index (κ1) is 11.4. The molecule has 1 aliphatic heterocycles. The first-order chi connectivity index (χ1) is 7.59. The third-order valence-electron chi connectivity index (χ3n) is 4.07. The number of hydrogen-bond donors (Lipinski definition) is 1. The molecule has 4 heteroatoms. The highest BCUT2D eigenvalue weighted by atomic mass is 16.2. The van der Waals surface area contributed by atoms with Crippen LogP contribution < -0.4 is 5.32 Å². The summed E-state index contributed by atoms with van der Waals surface area (Å²) in [6.07, 6.45) is 5.13. The van der Waals surface area contributed by atoms with E-state index < -0.39 is 5.54 Å². The molecule has 0 radical (unpaired) electrons. The Morgan fingerprint density at radius 1 is 1.38 bits per heavy atom. The van der Waals surface area contributed by atoms with Crippen LogP contribution in [0.5, 0.6) is 0 Å². The van der Waals surface area contributed by atoms with E-state index in [2.05, 4.69) is 5.32 Å². The molecule has 1 atom stereocenters. The molecule has 0 bridgehead atoms. The Labute approximate surface area is 96.4 Å². The number of hydrogen-bond acceptors (Lipinski definition) is 2. The van der Waals surface area contributed by atoms with E-state index in [0.717, 1.165) is 12.8 Å². The number of nitrogens with one attached hydrogen (secondary N) is 1. The minimum atomic E-state index is -0.635. The number of carbonyl (C=O) groups is 2. The fourth-order valence-electron chi connectivity index (χ4n) is 2.92. The van der Waals surface area contributed by atoms with Crippen LogP contribution in [0.2, 0.25) is 0 Å². The maximum atomic E-state index is 12.0. The first-order valence-electron chi connectivity index (χ1n) is 6.20. The lowest BCUT2D eigenvalue weighted by Crippen LogP contribution is -2.67. The summed E-state index contributed by atoms with van der Waals surface area (Å²) in [5.74, 6) is 0.0809. The van der Waals surface area contributed by atoms with Crippen LogP contribution in [0.15, 0.2) is 0 Å². The predicted octanol–water partition coefficient (Wildman–Crippen LogP) is 1.06. The normalized spacial score (nSPS) is 32.0. The molecule has 0 aromatic rings. The van der Waals surface area contributed by atoms with Crippen molar-refractivity contribution in [3.63, 3.8) is 0 Å². The monoisotopic (exact) mass is 224 g/mol. The summed E-state index contributed by atoms with van der Waals surface area (Å²) in [7, 11) is 0. The second-order valence-corrected chi connectivity index (χ2v) is 5.01. The molecule has 4 nitrogen and oxygen atoms in total. The van der Waals surface area contributed by atoms with Crippen LogP contribution in [-0.4, -0.2) is 34.8 Å². The lowest BCUT2D eigenvalue weighted by atomic mass is 9.90. The minimum absolute atomic E-state index is 0.00139. The smallest absolute Gasteiger partial charge is 0.246 e. The molecule has 16 heavy (non-hydrogen) atoms. The molecule has 1 saturated heterocycles. The largest absolute Gasteiger partial charge is 0.345 e. The maximum Gasteiger partial charge on any atom is 0.246 e. The Hall–Kier alpha value is -1.06. The molecule has 1 saturated carbocycles. The van der Waals surface area contributed by atoms with Crippen molar-refractivity contribution < 1.29 is 9.59 Å². The molecular weight excluding hydrogens is 204 g/mol. The van der Waals surface area contributed by atoms with Crippen LogP contribution in [0.3, 0.4) is 0 Å². The lowest BCUT2D eigenvalue weighted by molar-refractivity contribution is -0.156. The third-order valence-corrected chi connectivity index (χ3v) is 4.07. The van der Waals surface area contributed by atoms with Crippen LogP contribution in [0, 0.1) is 0 Å². The van der Waals surface area contributed by atoms with Gasteiger partial charge in [-0.1, -0.05) is 19.8 Å². The van der Waals surface area contributed by atoms with E-state index in [1.54, 1.807) is 0 Å². The van der Waals surface area contributed by atoms with Crippen LogP contribution in [0.25, 0.3) is 0 Å². The van der Waals surface area contributed by atoms with Crippen LogP contribution in [-0.2, 0) is 9.59 Å². The summed E-state index contributed by atoms with van der Waals surface area (Å²) in [5.41, 5.74) is -0.635. The molecule has 0 spiro atoms. The van der Waals surface area contributed by atoms with Crippen molar-refractivity contribution in [1.29, 1.82) is 0 Å². The summed E-state index contributed by atoms with van der Waals surface area (Å²) in [4.78, 5) is 25.8. The summed E-state index contributed by atoms with van der Waals surface area (Å²) >= 11 is 0. The van der Waals surface area contributed by atoms with E-state index >= 15 is 0 Å². The Balaban J connectivity index is 2.28. The highest BCUT2D eigenvalue weighted by Crippen LogP contribution is 2.32. The average Bonchev–Trinajstić information content (AvgIpc) is 2.77. The van der Waals surface area contributed by atoms with Gasteiger partial charge < -0.3 is 10.2 Å². The molecule has 2 fully saturated rings. The second-order valence-electron chi connectivity index (χ2n) is 5.01. The van der Waals surface area contributed by atoms with E-state index in [-0.39, 0.29) is 24.4 Å². The van der Waals surface area contributed by atoms with Gasteiger partial charge >= 0.3 is 0 Å². The van der Waals surface area contributed by atoms with Gasteiger partial charge in [0.1, 0.15) is 5.54 Å². The van der Waals surface area contributed by atoms with Gasteiger partial charge in [-0.2, -0.15) is 0 Å². The Morgan fingerprint density at radius 3 is 2.56 bits per heavy atom. The number of amides is 2. The van der Waals surface area contributed by atoms with Crippen LogP contribution in [0.4, 0.5) is 0 Å². The van der Waals surface area contributed by atoms with E-state index in [1.165, 1.54) is 12.8 Å². The van der Waals surface area contributed by atoms with Crippen molar-refractivity contribution in [2.45, 2.75) is 57.5 Å². The van der Waals surface area contributed by atoms with Gasteiger partial charge in [0, 0.05) is 6.04 Å². The molecule has 90 valence electrons. The summed E-state index contributed by atoms with van der Waals surface area (Å²) in [5, 5.41) is 2.70.